The van der Waals surface area contributed by atoms with Gasteiger partial charge in [0.05, 0.1) is 6.54 Å². The van der Waals surface area contributed by atoms with Crippen molar-refractivity contribution in [3.8, 4) is 0 Å². The maximum Gasteiger partial charge on any atom is 0.191 e. The number of rotatable bonds is 10. The first-order chi connectivity index (χ1) is 13.6. The highest BCUT2D eigenvalue weighted by Gasteiger charge is 2.22. The summed E-state index contributed by atoms with van der Waals surface area (Å²) in [5.41, 5.74) is 0. The molecule has 6 heteroatoms. The van der Waals surface area contributed by atoms with Crippen molar-refractivity contribution in [1.29, 1.82) is 0 Å². The summed E-state index contributed by atoms with van der Waals surface area (Å²) in [4.78, 5) is 11.9. The van der Waals surface area contributed by atoms with Crippen LogP contribution in [0, 0.1) is 12.8 Å². The van der Waals surface area contributed by atoms with E-state index in [9.17, 15) is 0 Å². The minimum atomic E-state index is 0.540. The molecule has 6 nitrogen and oxygen atoms in total. The molecule has 0 spiro atoms. The van der Waals surface area contributed by atoms with Gasteiger partial charge in [-0.05, 0) is 58.5 Å². The van der Waals surface area contributed by atoms with E-state index in [-0.39, 0.29) is 0 Å². The van der Waals surface area contributed by atoms with Crippen LogP contribution in [0.1, 0.15) is 65.1 Å². The molecule has 2 N–H and O–H groups in total. The summed E-state index contributed by atoms with van der Waals surface area (Å²) in [5.74, 6) is 2.68. The summed E-state index contributed by atoms with van der Waals surface area (Å²) in [6.45, 7) is 15.1. The highest BCUT2D eigenvalue weighted by Crippen LogP contribution is 2.17. The number of guanidine groups is 1. The van der Waals surface area contributed by atoms with E-state index in [2.05, 4.69) is 59.0 Å². The number of aromatic nitrogens is 2. The Morgan fingerprint density at radius 2 is 1.89 bits per heavy atom. The zero-order valence-corrected chi connectivity index (χ0v) is 18.6. The predicted octanol–water partition coefficient (Wildman–Crippen LogP) is 3.43. The molecule has 0 amide bonds. The third-order valence-corrected chi connectivity index (χ3v) is 5.70. The largest absolute Gasteiger partial charge is 0.357 e. The smallest absolute Gasteiger partial charge is 0.191 e. The fraction of sp³-hybridized carbons (Fsp3) is 0.818. The molecule has 0 radical (unpaired) electrons. The van der Waals surface area contributed by atoms with Crippen molar-refractivity contribution in [2.45, 2.75) is 78.8 Å². The standard InChI is InChI=1S/C22H42N6/c1-5-23-22(25-12-8-11-14-27-17-13-24-20(27)4)26-18-21(19(2)3)28-15-9-6-7-10-16-28/h13,17,19,21H,5-12,14-16,18H2,1-4H3,(H2,23,25,26). The molecule has 160 valence electrons. The normalized spacial score (nSPS) is 17.5. The minimum Gasteiger partial charge on any atom is -0.357 e. The molecule has 2 rings (SSSR count). The Morgan fingerprint density at radius 1 is 1.14 bits per heavy atom. The van der Waals surface area contributed by atoms with Crippen LogP contribution in [0.2, 0.25) is 0 Å². The lowest BCUT2D eigenvalue weighted by Crippen LogP contribution is -2.44. The van der Waals surface area contributed by atoms with Gasteiger partial charge in [-0.25, -0.2) is 4.98 Å². The van der Waals surface area contributed by atoms with E-state index in [4.69, 9.17) is 4.99 Å². The molecule has 0 aromatic carbocycles. The van der Waals surface area contributed by atoms with Gasteiger partial charge in [-0.2, -0.15) is 0 Å². The second-order valence-electron chi connectivity index (χ2n) is 8.28. The van der Waals surface area contributed by atoms with Crippen molar-refractivity contribution in [3.63, 3.8) is 0 Å². The molecule has 1 aromatic heterocycles. The summed E-state index contributed by atoms with van der Waals surface area (Å²) < 4.78 is 2.22. The van der Waals surface area contributed by atoms with E-state index in [1.165, 1.54) is 38.8 Å². The Balaban J connectivity index is 1.79. The molecule has 1 aromatic rings. The van der Waals surface area contributed by atoms with Crippen LogP contribution in [0.3, 0.4) is 0 Å². The molecule has 1 saturated heterocycles. The number of hydrogen-bond donors (Lipinski definition) is 2. The van der Waals surface area contributed by atoms with Crippen molar-refractivity contribution in [2.24, 2.45) is 10.9 Å². The van der Waals surface area contributed by atoms with E-state index >= 15 is 0 Å². The average Bonchev–Trinajstić information content (AvgIpc) is 2.91. The Hall–Kier alpha value is -1.56. The Kier molecular flexibility index (Phi) is 10.4. The van der Waals surface area contributed by atoms with Crippen LogP contribution in [0.5, 0.6) is 0 Å². The Labute approximate surface area is 172 Å². The predicted molar refractivity (Wildman–Crippen MR) is 119 cm³/mol. The zero-order valence-electron chi connectivity index (χ0n) is 18.6. The number of nitrogens with zero attached hydrogens (tertiary/aromatic N) is 4. The van der Waals surface area contributed by atoms with Crippen LogP contribution >= 0.6 is 0 Å². The van der Waals surface area contributed by atoms with Gasteiger partial charge < -0.3 is 15.2 Å². The average molecular weight is 391 g/mol. The van der Waals surface area contributed by atoms with Crippen molar-refractivity contribution >= 4 is 5.96 Å². The molecule has 2 heterocycles. The van der Waals surface area contributed by atoms with Crippen LogP contribution in [-0.4, -0.2) is 59.2 Å². The lowest BCUT2D eigenvalue weighted by molar-refractivity contribution is 0.166. The first kappa shape index (κ1) is 22.7. The number of hydrogen-bond acceptors (Lipinski definition) is 3. The highest BCUT2D eigenvalue weighted by atomic mass is 15.2. The van der Waals surface area contributed by atoms with Gasteiger partial charge in [0.2, 0.25) is 0 Å². The van der Waals surface area contributed by atoms with Crippen molar-refractivity contribution in [3.05, 3.63) is 18.2 Å². The number of aliphatic imine (C=N–C) groups is 1. The molecule has 1 fully saturated rings. The van der Waals surface area contributed by atoms with Gasteiger partial charge in [-0.15, -0.1) is 0 Å². The second-order valence-corrected chi connectivity index (χ2v) is 8.28. The van der Waals surface area contributed by atoms with Gasteiger partial charge in [-0.1, -0.05) is 26.7 Å². The van der Waals surface area contributed by atoms with Gasteiger partial charge in [0.1, 0.15) is 5.82 Å². The summed E-state index contributed by atoms with van der Waals surface area (Å²) in [7, 11) is 0. The zero-order chi connectivity index (χ0) is 20.2. The van der Waals surface area contributed by atoms with Crippen LogP contribution in [0.15, 0.2) is 17.4 Å². The number of unbranched alkanes of at least 4 members (excludes halogenated alkanes) is 1. The van der Waals surface area contributed by atoms with Gasteiger partial charge in [0.15, 0.2) is 5.96 Å². The van der Waals surface area contributed by atoms with Crippen molar-refractivity contribution < 1.29 is 0 Å². The SMILES string of the molecule is CCNC(=NCC(C(C)C)N1CCCCCC1)NCCCCn1ccnc1C. The van der Waals surface area contributed by atoms with Gasteiger partial charge in [0.25, 0.3) is 0 Å². The summed E-state index contributed by atoms with van der Waals surface area (Å²) >= 11 is 0. The van der Waals surface area contributed by atoms with E-state index in [1.54, 1.807) is 0 Å². The third kappa shape index (κ3) is 7.82. The lowest BCUT2D eigenvalue weighted by Gasteiger charge is -2.32. The monoisotopic (exact) mass is 390 g/mol. The van der Waals surface area contributed by atoms with Gasteiger partial charge in [-0.3, -0.25) is 9.89 Å². The number of likely N-dealkylation sites (tertiary alicyclic amines) is 1. The molecule has 1 unspecified atom stereocenters. The fourth-order valence-corrected chi connectivity index (χ4v) is 3.96. The molecule has 1 atom stereocenters. The van der Waals surface area contributed by atoms with Crippen molar-refractivity contribution in [2.75, 3.05) is 32.7 Å². The highest BCUT2D eigenvalue weighted by molar-refractivity contribution is 5.79. The fourth-order valence-electron chi connectivity index (χ4n) is 3.96. The number of aryl methyl sites for hydroxylation is 2. The second kappa shape index (κ2) is 12.8. The maximum atomic E-state index is 4.94. The topological polar surface area (TPSA) is 57.5 Å². The van der Waals surface area contributed by atoms with E-state index < -0.39 is 0 Å². The van der Waals surface area contributed by atoms with Crippen molar-refractivity contribution in [1.82, 2.24) is 25.1 Å². The maximum absolute atomic E-state index is 4.94. The van der Waals surface area contributed by atoms with E-state index in [1.807, 2.05) is 6.20 Å². The number of imidazole rings is 1. The van der Waals surface area contributed by atoms with Gasteiger partial charge >= 0.3 is 0 Å². The minimum absolute atomic E-state index is 0.540. The molecule has 28 heavy (non-hydrogen) atoms. The third-order valence-electron chi connectivity index (χ3n) is 5.70. The molecule has 1 aliphatic rings. The molecular weight excluding hydrogens is 348 g/mol. The van der Waals surface area contributed by atoms with E-state index in [0.717, 1.165) is 50.8 Å². The lowest BCUT2D eigenvalue weighted by atomic mass is 10.0. The Morgan fingerprint density at radius 3 is 2.50 bits per heavy atom. The number of nitrogens with one attached hydrogen (secondary N) is 2. The quantitative estimate of drug-likeness (QED) is 0.365. The molecule has 0 bridgehead atoms. The molecule has 0 saturated carbocycles. The molecule has 1 aliphatic heterocycles. The van der Waals surface area contributed by atoms with Crippen LogP contribution in [0.25, 0.3) is 0 Å². The van der Waals surface area contributed by atoms with E-state index in [0.29, 0.717) is 12.0 Å². The van der Waals surface area contributed by atoms with Crippen LogP contribution in [0.4, 0.5) is 0 Å². The summed E-state index contributed by atoms with van der Waals surface area (Å²) in [6.07, 6.45) is 11.6. The first-order valence-corrected chi connectivity index (χ1v) is 11.4. The van der Waals surface area contributed by atoms with Crippen LogP contribution in [-0.2, 0) is 6.54 Å². The van der Waals surface area contributed by atoms with Crippen LogP contribution < -0.4 is 10.6 Å². The van der Waals surface area contributed by atoms with Gasteiger partial charge in [0, 0.05) is 38.1 Å². The summed E-state index contributed by atoms with van der Waals surface area (Å²) in [6, 6.07) is 0.540. The molecule has 0 aliphatic carbocycles. The first-order valence-electron chi connectivity index (χ1n) is 11.4. The summed E-state index contributed by atoms with van der Waals surface area (Å²) in [5, 5.41) is 6.93. The Bertz CT molecular complexity index is 557. The molecular formula is C22H42N6.